The van der Waals surface area contributed by atoms with E-state index in [9.17, 15) is 9.59 Å². The molecule has 154 valence electrons. The Morgan fingerprint density at radius 2 is 1.74 bits per heavy atom. The molecule has 0 amide bonds. The second-order valence-electron chi connectivity index (χ2n) is 6.60. The average molecular weight is 477 g/mol. The van der Waals surface area contributed by atoms with Crippen molar-refractivity contribution < 1.29 is 19.1 Å². The highest BCUT2D eigenvalue weighted by molar-refractivity contribution is 9.10. The number of aromatic nitrogens is 2. The Morgan fingerprint density at radius 3 is 2.42 bits per heavy atom. The molecular formula is C24H17BrN2O4. The van der Waals surface area contributed by atoms with Crippen LogP contribution >= 0.6 is 15.9 Å². The summed E-state index contributed by atoms with van der Waals surface area (Å²) in [6.45, 7) is 0. The number of para-hydroxylation sites is 1. The predicted octanol–water partition coefficient (Wildman–Crippen LogP) is 5.34. The van der Waals surface area contributed by atoms with Gasteiger partial charge < -0.3 is 9.47 Å². The van der Waals surface area contributed by atoms with Crippen LogP contribution in [-0.2, 0) is 0 Å². The molecule has 0 atom stereocenters. The third-order valence-electron chi connectivity index (χ3n) is 4.60. The number of ether oxygens (including phenoxy) is 2. The van der Waals surface area contributed by atoms with Crippen molar-refractivity contribution in [1.82, 2.24) is 9.78 Å². The number of halogens is 1. The molecule has 1 aromatic heterocycles. The van der Waals surface area contributed by atoms with E-state index in [0.717, 1.165) is 15.7 Å². The fourth-order valence-electron chi connectivity index (χ4n) is 3.05. The fraction of sp³-hybridized carbons (Fsp3) is 0.0417. The van der Waals surface area contributed by atoms with Gasteiger partial charge in [0.1, 0.15) is 17.5 Å². The third kappa shape index (κ3) is 4.41. The second kappa shape index (κ2) is 8.97. The summed E-state index contributed by atoms with van der Waals surface area (Å²) in [6, 6.07) is 21.6. The number of nitrogens with zero attached hydrogens (tertiary/aromatic N) is 2. The molecule has 0 aliphatic heterocycles. The predicted molar refractivity (Wildman–Crippen MR) is 120 cm³/mol. The van der Waals surface area contributed by atoms with E-state index in [4.69, 9.17) is 9.47 Å². The van der Waals surface area contributed by atoms with E-state index in [1.54, 1.807) is 16.9 Å². The Bertz CT molecular complexity index is 1230. The van der Waals surface area contributed by atoms with Gasteiger partial charge in [0.25, 0.3) is 0 Å². The number of carbonyl (C=O) groups is 2. The maximum Gasteiger partial charge on any atom is 0.347 e. The van der Waals surface area contributed by atoms with Crippen LogP contribution in [0, 0.1) is 0 Å². The number of hydrogen-bond donors (Lipinski definition) is 0. The first kappa shape index (κ1) is 20.6. The first-order valence-electron chi connectivity index (χ1n) is 9.35. The molecule has 4 rings (SSSR count). The topological polar surface area (TPSA) is 70.4 Å². The molecule has 0 unspecified atom stereocenters. The first-order chi connectivity index (χ1) is 15.1. The van der Waals surface area contributed by atoms with Crippen LogP contribution in [0.4, 0.5) is 0 Å². The van der Waals surface area contributed by atoms with Crippen LogP contribution in [0.5, 0.6) is 11.5 Å². The van der Waals surface area contributed by atoms with Gasteiger partial charge in [0.2, 0.25) is 0 Å². The van der Waals surface area contributed by atoms with Gasteiger partial charge >= 0.3 is 5.97 Å². The zero-order valence-electron chi connectivity index (χ0n) is 16.5. The van der Waals surface area contributed by atoms with Crippen LogP contribution in [0.3, 0.4) is 0 Å². The molecule has 0 aliphatic rings. The molecule has 3 aromatic carbocycles. The average Bonchev–Trinajstić information content (AvgIpc) is 3.26. The molecule has 0 radical (unpaired) electrons. The smallest absolute Gasteiger partial charge is 0.347 e. The molecule has 1 heterocycles. The normalized spacial score (nSPS) is 10.5. The van der Waals surface area contributed by atoms with Crippen LogP contribution in [0.25, 0.3) is 16.9 Å². The molecule has 0 bridgehead atoms. The minimum absolute atomic E-state index is 0.215. The lowest BCUT2D eigenvalue weighted by atomic mass is 10.1. The highest BCUT2D eigenvalue weighted by Crippen LogP contribution is 2.31. The molecular weight excluding hydrogens is 460 g/mol. The standard InChI is InChI=1S/C24H17BrN2O4/c1-30-22-13-16(15-28)7-12-21(22)31-24(29)20-14-27(19-5-3-2-4-6-19)26-23(20)17-8-10-18(25)11-9-17/h2-15H,1H3. The van der Waals surface area contributed by atoms with Crippen LogP contribution in [-0.4, -0.2) is 29.1 Å². The van der Waals surface area contributed by atoms with Gasteiger partial charge in [0.15, 0.2) is 11.5 Å². The minimum atomic E-state index is -0.586. The zero-order chi connectivity index (χ0) is 21.8. The summed E-state index contributed by atoms with van der Waals surface area (Å²) >= 11 is 3.42. The summed E-state index contributed by atoms with van der Waals surface area (Å²) in [5, 5.41) is 4.64. The Morgan fingerprint density at radius 1 is 1.00 bits per heavy atom. The Labute approximate surface area is 187 Å². The van der Waals surface area contributed by atoms with Gasteiger partial charge in [-0.1, -0.05) is 46.3 Å². The van der Waals surface area contributed by atoms with Gasteiger partial charge in [-0.15, -0.1) is 0 Å². The van der Waals surface area contributed by atoms with Crippen molar-refractivity contribution in [2.24, 2.45) is 0 Å². The van der Waals surface area contributed by atoms with E-state index in [1.165, 1.54) is 19.2 Å². The molecule has 0 spiro atoms. The Kier molecular flexibility index (Phi) is 5.95. The Hall–Kier alpha value is -3.71. The SMILES string of the molecule is COc1cc(C=O)ccc1OC(=O)c1cn(-c2ccccc2)nc1-c1ccc(Br)cc1. The van der Waals surface area contributed by atoms with Crippen LogP contribution in [0.2, 0.25) is 0 Å². The summed E-state index contributed by atoms with van der Waals surface area (Å²) < 4.78 is 13.4. The van der Waals surface area contributed by atoms with E-state index in [0.29, 0.717) is 28.9 Å². The number of carbonyl (C=O) groups excluding carboxylic acids is 2. The lowest BCUT2D eigenvalue weighted by Gasteiger charge is -2.09. The molecule has 31 heavy (non-hydrogen) atoms. The van der Waals surface area contributed by atoms with Gasteiger partial charge in [-0.05, 0) is 42.5 Å². The largest absolute Gasteiger partial charge is 0.493 e. The van der Waals surface area contributed by atoms with E-state index in [2.05, 4.69) is 21.0 Å². The van der Waals surface area contributed by atoms with E-state index >= 15 is 0 Å². The van der Waals surface area contributed by atoms with Gasteiger partial charge in [-0.25, -0.2) is 9.48 Å². The summed E-state index contributed by atoms with van der Waals surface area (Å²) in [5.41, 5.74) is 2.79. The van der Waals surface area contributed by atoms with Gasteiger partial charge in [0.05, 0.1) is 12.8 Å². The Balaban J connectivity index is 1.76. The number of rotatable bonds is 6. The molecule has 0 N–H and O–H groups in total. The monoisotopic (exact) mass is 476 g/mol. The highest BCUT2D eigenvalue weighted by Gasteiger charge is 2.22. The van der Waals surface area contributed by atoms with Crippen molar-refractivity contribution in [2.75, 3.05) is 7.11 Å². The van der Waals surface area contributed by atoms with E-state index in [1.807, 2.05) is 54.6 Å². The number of methoxy groups -OCH3 is 1. The molecule has 0 saturated carbocycles. The van der Waals surface area contributed by atoms with E-state index in [-0.39, 0.29) is 5.75 Å². The minimum Gasteiger partial charge on any atom is -0.493 e. The molecule has 0 aliphatic carbocycles. The summed E-state index contributed by atoms with van der Waals surface area (Å²) in [4.78, 5) is 24.1. The first-order valence-corrected chi connectivity index (χ1v) is 10.1. The summed E-state index contributed by atoms with van der Waals surface area (Å²) in [5.74, 6) is -0.0804. The molecule has 4 aromatic rings. The van der Waals surface area contributed by atoms with Crippen molar-refractivity contribution >= 4 is 28.2 Å². The maximum atomic E-state index is 13.1. The second-order valence-corrected chi connectivity index (χ2v) is 7.51. The quantitative estimate of drug-likeness (QED) is 0.213. The molecule has 0 fully saturated rings. The molecule has 6 nitrogen and oxygen atoms in total. The van der Waals surface area contributed by atoms with Crippen LogP contribution < -0.4 is 9.47 Å². The van der Waals surface area contributed by atoms with Crippen LogP contribution in [0.1, 0.15) is 20.7 Å². The third-order valence-corrected chi connectivity index (χ3v) is 5.13. The number of esters is 1. The van der Waals surface area contributed by atoms with Crippen molar-refractivity contribution in [3.63, 3.8) is 0 Å². The van der Waals surface area contributed by atoms with E-state index < -0.39 is 5.97 Å². The van der Waals surface area contributed by atoms with Gasteiger partial charge in [0, 0.05) is 21.8 Å². The van der Waals surface area contributed by atoms with Crippen molar-refractivity contribution in [3.05, 3.63) is 94.6 Å². The lowest BCUT2D eigenvalue weighted by Crippen LogP contribution is -2.10. The highest BCUT2D eigenvalue weighted by atomic mass is 79.9. The molecule has 7 heteroatoms. The van der Waals surface area contributed by atoms with Crippen molar-refractivity contribution in [3.8, 4) is 28.4 Å². The maximum absolute atomic E-state index is 13.1. The summed E-state index contributed by atoms with van der Waals surface area (Å²) in [6.07, 6.45) is 2.34. The van der Waals surface area contributed by atoms with Crippen molar-refractivity contribution in [2.45, 2.75) is 0 Å². The number of hydrogen-bond acceptors (Lipinski definition) is 5. The summed E-state index contributed by atoms with van der Waals surface area (Å²) in [7, 11) is 1.45. The van der Waals surface area contributed by atoms with Crippen molar-refractivity contribution in [1.29, 1.82) is 0 Å². The number of benzene rings is 3. The van der Waals surface area contributed by atoms with Gasteiger partial charge in [-0.2, -0.15) is 5.10 Å². The van der Waals surface area contributed by atoms with Gasteiger partial charge in [-0.3, -0.25) is 4.79 Å². The zero-order valence-corrected chi connectivity index (χ0v) is 18.1. The lowest BCUT2D eigenvalue weighted by molar-refractivity contribution is 0.0730. The fourth-order valence-corrected chi connectivity index (χ4v) is 3.32. The number of aldehydes is 1. The molecule has 0 saturated heterocycles. The van der Waals surface area contributed by atoms with Crippen LogP contribution in [0.15, 0.2) is 83.5 Å².